The van der Waals surface area contributed by atoms with Crippen LogP contribution in [0.3, 0.4) is 0 Å². The van der Waals surface area contributed by atoms with Gasteiger partial charge in [-0.25, -0.2) is 0 Å². The van der Waals surface area contributed by atoms with E-state index in [0.717, 1.165) is 5.56 Å². The lowest BCUT2D eigenvalue weighted by Crippen LogP contribution is -2.38. The predicted molar refractivity (Wildman–Crippen MR) is 114 cm³/mol. The van der Waals surface area contributed by atoms with Gasteiger partial charge < -0.3 is 13.4 Å². The molecule has 7 heteroatoms. The first-order chi connectivity index (χ1) is 12.8. The summed E-state index contributed by atoms with van der Waals surface area (Å²) in [5.41, 5.74) is 0.807. The first-order valence-corrected chi connectivity index (χ1v) is 14.0. The normalized spacial score (nSPS) is 16.5. The van der Waals surface area contributed by atoms with Gasteiger partial charge in [-0.1, -0.05) is 48.5 Å². The van der Waals surface area contributed by atoms with Gasteiger partial charge in [0.05, 0.1) is 18.6 Å². The SMILES string of the molecule is CCOP(=O)(c1ccccc1)C(O[Si](C)(C)OCC(C)Cl)c1ccccc1. The zero-order valence-corrected chi connectivity index (χ0v) is 19.0. The van der Waals surface area contributed by atoms with Crippen molar-refractivity contribution in [2.45, 2.75) is 38.2 Å². The van der Waals surface area contributed by atoms with E-state index in [4.69, 9.17) is 25.0 Å². The van der Waals surface area contributed by atoms with Crippen molar-refractivity contribution in [2.75, 3.05) is 13.2 Å². The van der Waals surface area contributed by atoms with Crippen LogP contribution in [0.25, 0.3) is 0 Å². The van der Waals surface area contributed by atoms with Gasteiger partial charge in [-0.15, -0.1) is 11.6 Å². The molecule has 27 heavy (non-hydrogen) atoms. The third-order valence-corrected chi connectivity index (χ3v) is 8.56. The Balaban J connectivity index is 2.46. The number of hydrogen-bond donors (Lipinski definition) is 0. The Morgan fingerprint density at radius 1 is 1.04 bits per heavy atom. The van der Waals surface area contributed by atoms with Crippen molar-refractivity contribution in [2.24, 2.45) is 0 Å². The van der Waals surface area contributed by atoms with Crippen molar-refractivity contribution < 1.29 is 17.9 Å². The maximum absolute atomic E-state index is 14.1. The predicted octanol–water partition coefficient (Wildman–Crippen LogP) is 5.69. The minimum Gasteiger partial charge on any atom is -0.393 e. The second-order valence-electron chi connectivity index (χ2n) is 6.72. The van der Waals surface area contributed by atoms with Gasteiger partial charge in [0.25, 0.3) is 7.37 Å². The summed E-state index contributed by atoms with van der Waals surface area (Å²) in [4.78, 5) is 0. The number of halogens is 1. The average molecular weight is 427 g/mol. The van der Waals surface area contributed by atoms with E-state index in [-0.39, 0.29) is 5.38 Å². The van der Waals surface area contributed by atoms with Gasteiger partial charge in [-0.2, -0.15) is 0 Å². The van der Waals surface area contributed by atoms with Crippen LogP contribution in [-0.4, -0.2) is 27.2 Å². The molecule has 0 aromatic heterocycles. The van der Waals surface area contributed by atoms with E-state index in [1.54, 1.807) is 0 Å². The summed E-state index contributed by atoms with van der Waals surface area (Å²) < 4.78 is 32.4. The molecule has 0 spiro atoms. The molecule has 2 aromatic rings. The molecule has 2 aromatic carbocycles. The van der Waals surface area contributed by atoms with Gasteiger partial charge in [0.15, 0.2) is 5.85 Å². The smallest absolute Gasteiger partial charge is 0.332 e. The highest BCUT2D eigenvalue weighted by molar-refractivity contribution is 7.67. The van der Waals surface area contributed by atoms with E-state index in [2.05, 4.69) is 0 Å². The van der Waals surface area contributed by atoms with Crippen LogP contribution in [-0.2, 0) is 17.9 Å². The molecule has 0 bridgehead atoms. The minimum atomic E-state index is -3.35. The van der Waals surface area contributed by atoms with Crippen LogP contribution >= 0.6 is 19.0 Å². The Morgan fingerprint density at radius 3 is 2.11 bits per heavy atom. The quantitative estimate of drug-likeness (QED) is 0.278. The zero-order valence-electron chi connectivity index (χ0n) is 16.3. The molecule has 2 rings (SSSR count). The molecule has 0 aliphatic carbocycles. The van der Waals surface area contributed by atoms with E-state index < -0.39 is 21.8 Å². The molecule has 0 amide bonds. The van der Waals surface area contributed by atoms with Crippen LogP contribution in [0, 0.1) is 0 Å². The van der Waals surface area contributed by atoms with Gasteiger partial charge in [-0.3, -0.25) is 4.57 Å². The van der Waals surface area contributed by atoms with Gasteiger partial charge in [0.2, 0.25) is 0 Å². The van der Waals surface area contributed by atoms with Gasteiger partial charge in [-0.05, 0) is 44.6 Å². The monoisotopic (exact) mass is 426 g/mol. The van der Waals surface area contributed by atoms with E-state index in [1.807, 2.05) is 87.6 Å². The first-order valence-electron chi connectivity index (χ1n) is 9.09. The third kappa shape index (κ3) is 6.28. The summed E-state index contributed by atoms with van der Waals surface area (Å²) >= 11 is 6.04. The molecule has 0 radical (unpaired) electrons. The summed E-state index contributed by atoms with van der Waals surface area (Å²) in [6.45, 7) is 8.28. The van der Waals surface area contributed by atoms with Crippen molar-refractivity contribution in [3.05, 3.63) is 66.2 Å². The maximum Gasteiger partial charge on any atom is 0.332 e. The zero-order chi connectivity index (χ0) is 19.9. The van der Waals surface area contributed by atoms with Crippen molar-refractivity contribution in [3.8, 4) is 0 Å². The second kappa shape index (κ2) is 10.0. The fraction of sp³-hybridized carbons (Fsp3) is 0.400. The Bertz CT molecular complexity index is 740. The van der Waals surface area contributed by atoms with Gasteiger partial charge in [0.1, 0.15) is 0 Å². The van der Waals surface area contributed by atoms with Crippen LogP contribution in [0.5, 0.6) is 0 Å². The largest absolute Gasteiger partial charge is 0.393 e. The van der Waals surface area contributed by atoms with Crippen molar-refractivity contribution in [1.82, 2.24) is 0 Å². The van der Waals surface area contributed by atoms with Crippen LogP contribution in [0.2, 0.25) is 13.1 Å². The van der Waals surface area contributed by atoms with E-state index in [9.17, 15) is 4.57 Å². The topological polar surface area (TPSA) is 44.8 Å². The second-order valence-corrected chi connectivity index (χ2v) is 13.2. The molecular weight excluding hydrogens is 399 g/mol. The molecule has 0 heterocycles. The summed E-state index contributed by atoms with van der Waals surface area (Å²) in [6.07, 6.45) is 0. The Kier molecular flexibility index (Phi) is 8.29. The average Bonchev–Trinajstić information content (AvgIpc) is 2.66. The van der Waals surface area contributed by atoms with E-state index in [1.165, 1.54) is 0 Å². The molecule has 3 unspecified atom stereocenters. The molecule has 0 saturated carbocycles. The van der Waals surface area contributed by atoms with Crippen molar-refractivity contribution in [3.63, 3.8) is 0 Å². The fourth-order valence-corrected chi connectivity index (χ4v) is 7.64. The Morgan fingerprint density at radius 2 is 1.59 bits per heavy atom. The highest BCUT2D eigenvalue weighted by Gasteiger charge is 2.43. The van der Waals surface area contributed by atoms with Crippen molar-refractivity contribution in [1.29, 1.82) is 0 Å². The molecule has 0 fully saturated rings. The fourth-order valence-electron chi connectivity index (χ4n) is 2.67. The molecule has 0 aliphatic heterocycles. The van der Waals surface area contributed by atoms with Gasteiger partial charge >= 0.3 is 8.56 Å². The summed E-state index contributed by atoms with van der Waals surface area (Å²) in [7, 11) is -5.97. The van der Waals surface area contributed by atoms with E-state index in [0.29, 0.717) is 18.5 Å². The number of hydrogen-bond acceptors (Lipinski definition) is 4. The van der Waals surface area contributed by atoms with Crippen LogP contribution in [0.1, 0.15) is 25.3 Å². The molecule has 148 valence electrons. The minimum absolute atomic E-state index is 0.122. The first kappa shape index (κ1) is 22.3. The van der Waals surface area contributed by atoms with Crippen LogP contribution in [0.4, 0.5) is 0 Å². The number of alkyl halides is 1. The molecule has 0 saturated heterocycles. The summed E-state index contributed by atoms with van der Waals surface area (Å²) in [6, 6.07) is 18.8. The van der Waals surface area contributed by atoms with Crippen LogP contribution in [0.15, 0.2) is 60.7 Å². The molecule has 3 atom stereocenters. The standard InChI is InChI=1S/C20H28ClO4PSi/c1-5-23-26(22,19-14-10-7-11-15-19)20(18-12-8-6-9-13-18)25-27(3,4)24-16-17(2)21/h6-15,17,20H,5,16H2,1-4H3. The molecular formula is C20H28ClO4PSi. The lowest BCUT2D eigenvalue weighted by atomic mass is 10.2. The molecule has 0 aliphatic rings. The molecule has 0 N–H and O–H groups in total. The lowest BCUT2D eigenvalue weighted by Gasteiger charge is -2.34. The number of rotatable bonds is 10. The molecule has 4 nitrogen and oxygen atoms in total. The highest BCUT2D eigenvalue weighted by atomic mass is 35.5. The Hall–Kier alpha value is -0.943. The highest BCUT2D eigenvalue weighted by Crippen LogP contribution is 2.60. The van der Waals surface area contributed by atoms with Crippen LogP contribution < -0.4 is 5.30 Å². The maximum atomic E-state index is 14.1. The Labute approximate surface area is 168 Å². The summed E-state index contributed by atoms with van der Waals surface area (Å²) in [5, 5.41) is 0.514. The lowest BCUT2D eigenvalue weighted by molar-refractivity contribution is 0.151. The summed E-state index contributed by atoms with van der Waals surface area (Å²) in [5.74, 6) is -0.742. The number of benzene rings is 2. The van der Waals surface area contributed by atoms with Gasteiger partial charge in [0, 0.05) is 5.30 Å². The van der Waals surface area contributed by atoms with Crippen molar-refractivity contribution >= 4 is 32.8 Å². The van der Waals surface area contributed by atoms with E-state index >= 15 is 0 Å². The third-order valence-electron chi connectivity index (χ3n) is 3.89.